The van der Waals surface area contributed by atoms with E-state index in [-0.39, 0.29) is 38.8 Å². The molecule has 0 radical (unpaired) electrons. The molecule has 0 fully saturated rings. The number of anilines is 1. The van der Waals surface area contributed by atoms with Crippen LogP contribution in [0.1, 0.15) is 0 Å². The van der Waals surface area contributed by atoms with E-state index in [4.69, 9.17) is 16.3 Å². The summed E-state index contributed by atoms with van der Waals surface area (Å²) in [5.74, 6) is -3.18. The third kappa shape index (κ3) is 5.57. The highest BCUT2D eigenvalue weighted by Crippen LogP contribution is 2.37. The minimum atomic E-state index is -2.70. The van der Waals surface area contributed by atoms with Gasteiger partial charge in [0.1, 0.15) is 5.75 Å². The summed E-state index contributed by atoms with van der Waals surface area (Å²) < 4.78 is 30.4. The maximum Gasteiger partial charge on any atom is 0.289 e. The number of thioether (sulfide) groups is 1. The number of alkyl halides is 2. The average molecular weight is 389 g/mol. The van der Waals surface area contributed by atoms with Gasteiger partial charge in [-0.25, -0.2) is 0 Å². The third-order valence-corrected chi connectivity index (χ3v) is 4.13. The van der Waals surface area contributed by atoms with Gasteiger partial charge in [0.2, 0.25) is 0 Å². The summed E-state index contributed by atoms with van der Waals surface area (Å²) in [7, 11) is 0. The number of non-ortho nitro benzene ring substituents is 1. The van der Waals surface area contributed by atoms with Crippen LogP contribution in [0.3, 0.4) is 0 Å². The van der Waals surface area contributed by atoms with Crippen LogP contribution in [0.5, 0.6) is 5.75 Å². The summed E-state index contributed by atoms with van der Waals surface area (Å²) >= 11 is 6.09. The number of hydrogen-bond acceptors (Lipinski definition) is 5. The average Bonchev–Trinajstić information content (AvgIpc) is 2.56. The molecule has 2 aromatic rings. The Bertz CT molecular complexity index is 792. The maximum atomic E-state index is 12.6. The molecule has 0 aliphatic rings. The monoisotopic (exact) mass is 388 g/mol. The number of carbonyl (C=O) groups is 1. The number of halogens is 3. The Hall–Kier alpha value is -2.39. The van der Waals surface area contributed by atoms with E-state index in [0.717, 1.165) is 0 Å². The van der Waals surface area contributed by atoms with Crippen molar-refractivity contribution in [1.82, 2.24) is 0 Å². The standard InChI is InChI=1S/C15H11ClF2N2O4S/c16-11-5-2-6-12(14(11)25-15(17)18)19-13(21)8-24-10-4-1-3-9(7-10)20(22)23/h1-7,15H,8H2,(H,19,21). The molecule has 0 unspecified atom stereocenters. The first kappa shape index (κ1) is 18.9. The summed E-state index contributed by atoms with van der Waals surface area (Å²) in [5.41, 5.74) is -0.0474. The first-order valence-electron chi connectivity index (χ1n) is 6.77. The van der Waals surface area contributed by atoms with Crippen molar-refractivity contribution < 1.29 is 23.2 Å². The van der Waals surface area contributed by atoms with Gasteiger partial charge in [-0.15, -0.1) is 0 Å². The van der Waals surface area contributed by atoms with Gasteiger partial charge in [0.05, 0.1) is 26.6 Å². The van der Waals surface area contributed by atoms with E-state index in [9.17, 15) is 23.7 Å². The Morgan fingerprint density at radius 1 is 1.32 bits per heavy atom. The molecule has 0 heterocycles. The first-order chi connectivity index (χ1) is 11.9. The van der Waals surface area contributed by atoms with Gasteiger partial charge >= 0.3 is 0 Å². The van der Waals surface area contributed by atoms with Crippen LogP contribution in [0, 0.1) is 10.1 Å². The number of rotatable bonds is 7. The second-order valence-electron chi connectivity index (χ2n) is 4.59. The van der Waals surface area contributed by atoms with Crippen LogP contribution in [0.2, 0.25) is 5.02 Å². The molecule has 1 N–H and O–H groups in total. The molecule has 0 aromatic heterocycles. The zero-order chi connectivity index (χ0) is 18.4. The van der Waals surface area contributed by atoms with Gasteiger partial charge in [0, 0.05) is 6.07 Å². The van der Waals surface area contributed by atoms with E-state index in [1.54, 1.807) is 0 Å². The van der Waals surface area contributed by atoms with E-state index in [2.05, 4.69) is 5.32 Å². The Morgan fingerprint density at radius 3 is 2.72 bits per heavy atom. The summed E-state index contributed by atoms with van der Waals surface area (Å²) in [6.07, 6.45) is 0. The smallest absolute Gasteiger partial charge is 0.289 e. The number of hydrogen-bond donors (Lipinski definition) is 1. The lowest BCUT2D eigenvalue weighted by Crippen LogP contribution is -2.20. The van der Waals surface area contributed by atoms with Gasteiger partial charge in [0.25, 0.3) is 17.4 Å². The summed E-state index contributed by atoms with van der Waals surface area (Å²) in [6.45, 7) is -0.452. The highest BCUT2D eigenvalue weighted by molar-refractivity contribution is 7.99. The molecule has 0 atom stereocenters. The zero-order valence-electron chi connectivity index (χ0n) is 12.4. The molecular formula is C15H11ClF2N2O4S. The predicted molar refractivity (Wildman–Crippen MR) is 90.5 cm³/mol. The van der Waals surface area contributed by atoms with Gasteiger partial charge in [-0.05, 0) is 18.2 Å². The lowest BCUT2D eigenvalue weighted by atomic mass is 10.3. The third-order valence-electron chi connectivity index (χ3n) is 2.85. The lowest BCUT2D eigenvalue weighted by Gasteiger charge is -2.12. The highest BCUT2D eigenvalue weighted by Gasteiger charge is 2.16. The second-order valence-corrected chi connectivity index (χ2v) is 5.99. The molecule has 132 valence electrons. The maximum absolute atomic E-state index is 12.6. The number of ether oxygens (including phenoxy) is 1. The van der Waals surface area contributed by atoms with Gasteiger partial charge in [-0.2, -0.15) is 8.78 Å². The quantitative estimate of drug-likeness (QED) is 0.426. The van der Waals surface area contributed by atoms with E-state index < -0.39 is 23.2 Å². The Morgan fingerprint density at radius 2 is 2.04 bits per heavy atom. The first-order valence-corrected chi connectivity index (χ1v) is 8.03. The number of benzene rings is 2. The zero-order valence-corrected chi connectivity index (χ0v) is 14.0. The summed E-state index contributed by atoms with van der Waals surface area (Å²) in [4.78, 5) is 22.1. The van der Waals surface area contributed by atoms with E-state index in [0.29, 0.717) is 0 Å². The van der Waals surface area contributed by atoms with Crippen molar-refractivity contribution in [3.8, 4) is 5.75 Å². The van der Waals surface area contributed by atoms with Crippen molar-refractivity contribution >= 4 is 40.6 Å². The SMILES string of the molecule is O=C(COc1cccc([N+](=O)[O-])c1)Nc1cccc(Cl)c1SC(F)F. The van der Waals surface area contributed by atoms with Gasteiger partial charge in [-0.3, -0.25) is 14.9 Å². The molecule has 6 nitrogen and oxygen atoms in total. The Balaban J connectivity index is 2.02. The van der Waals surface area contributed by atoms with Crippen LogP contribution in [-0.4, -0.2) is 23.2 Å². The van der Waals surface area contributed by atoms with Crippen LogP contribution in [-0.2, 0) is 4.79 Å². The predicted octanol–water partition coefficient (Wildman–Crippen LogP) is 4.58. The van der Waals surface area contributed by atoms with Crippen LogP contribution in [0.4, 0.5) is 20.2 Å². The Labute approximate surface area is 150 Å². The molecule has 0 bridgehead atoms. The minimum Gasteiger partial charge on any atom is -0.484 e. The van der Waals surface area contributed by atoms with Crippen LogP contribution >= 0.6 is 23.4 Å². The highest BCUT2D eigenvalue weighted by atomic mass is 35.5. The molecule has 25 heavy (non-hydrogen) atoms. The van der Waals surface area contributed by atoms with Gasteiger partial charge in [-0.1, -0.05) is 35.5 Å². The molecular weight excluding hydrogens is 378 g/mol. The topological polar surface area (TPSA) is 81.5 Å². The number of carbonyl (C=O) groups excluding carboxylic acids is 1. The molecule has 0 spiro atoms. The van der Waals surface area contributed by atoms with Crippen molar-refractivity contribution in [3.05, 3.63) is 57.6 Å². The van der Waals surface area contributed by atoms with Crippen molar-refractivity contribution in [2.24, 2.45) is 0 Å². The van der Waals surface area contributed by atoms with E-state index in [1.165, 1.54) is 42.5 Å². The number of nitro benzene ring substituents is 1. The van der Waals surface area contributed by atoms with Crippen molar-refractivity contribution in [3.63, 3.8) is 0 Å². The fourth-order valence-electron chi connectivity index (χ4n) is 1.84. The van der Waals surface area contributed by atoms with E-state index in [1.807, 2.05) is 0 Å². The molecule has 2 aromatic carbocycles. The van der Waals surface area contributed by atoms with Crippen molar-refractivity contribution in [2.45, 2.75) is 10.7 Å². The molecule has 0 saturated heterocycles. The molecule has 2 rings (SSSR count). The van der Waals surface area contributed by atoms with Crippen LogP contribution < -0.4 is 10.1 Å². The minimum absolute atomic E-state index is 0.0443. The molecule has 10 heteroatoms. The number of nitrogens with zero attached hydrogens (tertiary/aromatic N) is 1. The fourth-order valence-corrected chi connectivity index (χ4v) is 2.75. The molecule has 1 amide bonds. The van der Waals surface area contributed by atoms with Gasteiger partial charge in [0.15, 0.2) is 6.61 Å². The van der Waals surface area contributed by atoms with Crippen molar-refractivity contribution in [1.29, 1.82) is 0 Å². The number of nitrogens with one attached hydrogen (secondary N) is 1. The fraction of sp³-hybridized carbons (Fsp3) is 0.133. The summed E-state index contributed by atoms with van der Waals surface area (Å²) in [6, 6.07) is 9.70. The number of nitro groups is 1. The molecule has 0 aliphatic heterocycles. The molecule has 0 aliphatic carbocycles. The molecule has 0 saturated carbocycles. The second kappa shape index (κ2) is 8.63. The van der Waals surface area contributed by atoms with Crippen LogP contribution in [0.25, 0.3) is 0 Å². The number of amides is 1. The largest absolute Gasteiger partial charge is 0.484 e. The normalized spacial score (nSPS) is 10.6. The Kier molecular flexibility index (Phi) is 6.54. The summed E-state index contributed by atoms with van der Waals surface area (Å²) in [5, 5.41) is 13.2. The van der Waals surface area contributed by atoms with Gasteiger partial charge < -0.3 is 10.1 Å². The lowest BCUT2D eigenvalue weighted by molar-refractivity contribution is -0.384. The van der Waals surface area contributed by atoms with Crippen LogP contribution in [0.15, 0.2) is 47.4 Å². The van der Waals surface area contributed by atoms with Crippen molar-refractivity contribution in [2.75, 3.05) is 11.9 Å². The van der Waals surface area contributed by atoms with E-state index >= 15 is 0 Å².